The molecule has 0 aromatic heterocycles. The summed E-state index contributed by atoms with van der Waals surface area (Å²) in [7, 11) is 0. The van der Waals surface area contributed by atoms with Crippen LogP contribution >= 0.6 is 0 Å². The average molecular weight is 260 g/mol. The number of nitrogens with zero attached hydrogens (tertiary/aromatic N) is 1. The maximum absolute atomic E-state index is 11.2. The molecule has 2 N–H and O–H groups in total. The molecular formula is C15H20N2O2. The Morgan fingerprint density at radius 2 is 1.79 bits per heavy atom. The van der Waals surface area contributed by atoms with E-state index in [9.17, 15) is 9.59 Å². The van der Waals surface area contributed by atoms with Crippen molar-refractivity contribution in [1.29, 1.82) is 0 Å². The fraction of sp³-hybridized carbons (Fsp3) is 0.467. The van der Waals surface area contributed by atoms with Gasteiger partial charge >= 0.3 is 0 Å². The van der Waals surface area contributed by atoms with Gasteiger partial charge in [-0.15, -0.1) is 0 Å². The van der Waals surface area contributed by atoms with Crippen LogP contribution in [0.5, 0.6) is 0 Å². The first-order valence-electron chi connectivity index (χ1n) is 6.70. The Bertz CT molecular complexity index is 460. The van der Waals surface area contributed by atoms with Crippen molar-refractivity contribution in [3.63, 3.8) is 0 Å². The monoisotopic (exact) mass is 260 g/mol. The Hall–Kier alpha value is -1.84. The number of rotatable bonds is 3. The quantitative estimate of drug-likeness (QED) is 0.897. The Morgan fingerprint density at radius 1 is 1.21 bits per heavy atom. The van der Waals surface area contributed by atoms with E-state index in [4.69, 9.17) is 5.73 Å². The molecule has 1 aliphatic rings. The van der Waals surface area contributed by atoms with Crippen molar-refractivity contribution in [3.8, 4) is 0 Å². The summed E-state index contributed by atoms with van der Waals surface area (Å²) in [6, 6.07) is 7.50. The van der Waals surface area contributed by atoms with Crippen molar-refractivity contribution in [2.24, 2.45) is 11.7 Å². The van der Waals surface area contributed by atoms with E-state index >= 15 is 0 Å². The third-order valence-electron chi connectivity index (χ3n) is 3.82. The lowest BCUT2D eigenvalue weighted by Crippen LogP contribution is -2.37. The van der Waals surface area contributed by atoms with Crippen LogP contribution in [0.3, 0.4) is 0 Å². The predicted octanol–water partition coefficient (Wildman–Crippen LogP) is 1.59. The van der Waals surface area contributed by atoms with Crippen LogP contribution in [0.1, 0.15) is 35.7 Å². The van der Waals surface area contributed by atoms with Gasteiger partial charge in [-0.2, -0.15) is 0 Å². The van der Waals surface area contributed by atoms with Gasteiger partial charge in [0.25, 0.3) is 0 Å². The molecule has 1 saturated heterocycles. The van der Waals surface area contributed by atoms with Gasteiger partial charge in [0.1, 0.15) is 0 Å². The van der Waals surface area contributed by atoms with Crippen LogP contribution in [0, 0.1) is 5.92 Å². The van der Waals surface area contributed by atoms with Crippen molar-refractivity contribution >= 4 is 11.8 Å². The molecule has 0 bridgehead atoms. The van der Waals surface area contributed by atoms with Crippen LogP contribution in [0.15, 0.2) is 24.3 Å². The summed E-state index contributed by atoms with van der Waals surface area (Å²) in [5, 5.41) is 0. The van der Waals surface area contributed by atoms with E-state index < -0.39 is 0 Å². The van der Waals surface area contributed by atoms with Crippen molar-refractivity contribution < 1.29 is 9.59 Å². The molecule has 102 valence electrons. The van der Waals surface area contributed by atoms with Crippen LogP contribution in [0.4, 0.5) is 0 Å². The lowest BCUT2D eigenvalue weighted by molar-refractivity contribution is -0.130. The minimum Gasteiger partial charge on any atom is -0.366 e. The molecule has 19 heavy (non-hydrogen) atoms. The number of benzene rings is 1. The van der Waals surface area contributed by atoms with Crippen LogP contribution in [-0.4, -0.2) is 29.8 Å². The zero-order valence-electron chi connectivity index (χ0n) is 11.3. The third-order valence-corrected chi connectivity index (χ3v) is 3.82. The number of hydrogen-bond donors (Lipinski definition) is 1. The SMILES string of the molecule is CC(=O)N1CCC(Cc2ccc(C(N)=O)cc2)CC1. The highest BCUT2D eigenvalue weighted by molar-refractivity contribution is 5.92. The number of carbonyl (C=O) groups is 2. The Morgan fingerprint density at radius 3 is 2.26 bits per heavy atom. The molecule has 2 rings (SSSR count). The smallest absolute Gasteiger partial charge is 0.248 e. The Balaban J connectivity index is 1.88. The second-order valence-electron chi connectivity index (χ2n) is 5.21. The van der Waals surface area contributed by atoms with Gasteiger partial charge < -0.3 is 10.6 Å². The van der Waals surface area contributed by atoms with Crippen molar-refractivity contribution in [2.45, 2.75) is 26.2 Å². The molecule has 0 saturated carbocycles. The Kier molecular flexibility index (Phi) is 4.20. The van der Waals surface area contributed by atoms with Gasteiger partial charge in [-0.1, -0.05) is 12.1 Å². The molecule has 0 spiro atoms. The number of nitrogens with two attached hydrogens (primary N) is 1. The van der Waals surface area contributed by atoms with Gasteiger partial charge in [-0.05, 0) is 42.9 Å². The molecule has 1 aliphatic heterocycles. The van der Waals surface area contributed by atoms with Gasteiger partial charge in [-0.3, -0.25) is 9.59 Å². The summed E-state index contributed by atoms with van der Waals surface area (Å²) in [6.07, 6.45) is 3.11. The molecule has 1 aromatic rings. The van der Waals surface area contributed by atoms with E-state index in [0.29, 0.717) is 11.5 Å². The number of likely N-dealkylation sites (tertiary alicyclic amines) is 1. The standard InChI is InChI=1S/C15H20N2O2/c1-11(18)17-8-6-13(7-9-17)10-12-2-4-14(5-3-12)15(16)19/h2-5,13H,6-10H2,1H3,(H2,16,19). The average Bonchev–Trinajstić information content (AvgIpc) is 2.40. The van der Waals surface area contributed by atoms with E-state index in [0.717, 1.165) is 32.4 Å². The molecule has 1 fully saturated rings. The molecule has 0 atom stereocenters. The maximum atomic E-state index is 11.2. The molecular weight excluding hydrogens is 240 g/mol. The normalized spacial score (nSPS) is 16.4. The van der Waals surface area contributed by atoms with Crippen LogP contribution in [0.2, 0.25) is 0 Å². The van der Waals surface area contributed by atoms with E-state index in [2.05, 4.69) is 0 Å². The number of carbonyl (C=O) groups excluding carboxylic acids is 2. The molecule has 0 aliphatic carbocycles. The largest absolute Gasteiger partial charge is 0.366 e. The van der Waals surface area contributed by atoms with Crippen molar-refractivity contribution in [1.82, 2.24) is 4.90 Å². The lowest BCUT2D eigenvalue weighted by atomic mass is 9.90. The fourth-order valence-electron chi connectivity index (χ4n) is 2.59. The molecule has 4 heteroatoms. The summed E-state index contributed by atoms with van der Waals surface area (Å²) >= 11 is 0. The first-order valence-corrected chi connectivity index (χ1v) is 6.70. The summed E-state index contributed by atoms with van der Waals surface area (Å²) in [6.45, 7) is 3.35. The Labute approximate surface area is 113 Å². The van der Waals surface area contributed by atoms with Gasteiger partial charge in [0.15, 0.2) is 0 Å². The highest BCUT2D eigenvalue weighted by Gasteiger charge is 2.20. The summed E-state index contributed by atoms with van der Waals surface area (Å²) in [5.41, 5.74) is 6.99. The highest BCUT2D eigenvalue weighted by Crippen LogP contribution is 2.21. The molecule has 0 unspecified atom stereocenters. The molecule has 1 heterocycles. The maximum Gasteiger partial charge on any atom is 0.248 e. The molecule has 0 radical (unpaired) electrons. The summed E-state index contributed by atoms with van der Waals surface area (Å²) in [5.74, 6) is 0.403. The first-order chi connectivity index (χ1) is 9.06. The van der Waals surface area contributed by atoms with Gasteiger partial charge in [0.05, 0.1) is 0 Å². The predicted molar refractivity (Wildman–Crippen MR) is 73.6 cm³/mol. The van der Waals surface area contributed by atoms with Crippen LogP contribution in [-0.2, 0) is 11.2 Å². The summed E-state index contributed by atoms with van der Waals surface area (Å²) < 4.78 is 0. The van der Waals surface area contributed by atoms with Gasteiger partial charge in [-0.25, -0.2) is 0 Å². The number of piperidine rings is 1. The van der Waals surface area contributed by atoms with E-state index in [1.165, 1.54) is 5.56 Å². The second kappa shape index (κ2) is 5.87. The van der Waals surface area contributed by atoms with E-state index in [1.54, 1.807) is 19.1 Å². The molecule has 4 nitrogen and oxygen atoms in total. The zero-order valence-corrected chi connectivity index (χ0v) is 11.3. The van der Waals surface area contributed by atoms with Gasteiger partial charge in [0.2, 0.25) is 11.8 Å². The number of primary amides is 1. The van der Waals surface area contributed by atoms with Crippen molar-refractivity contribution in [2.75, 3.05) is 13.1 Å². The number of amides is 2. The minimum atomic E-state index is -0.388. The third kappa shape index (κ3) is 3.56. The van der Waals surface area contributed by atoms with E-state index in [-0.39, 0.29) is 11.8 Å². The van der Waals surface area contributed by atoms with Crippen LogP contribution in [0.25, 0.3) is 0 Å². The lowest BCUT2D eigenvalue weighted by Gasteiger charge is -2.31. The van der Waals surface area contributed by atoms with Gasteiger partial charge in [0, 0.05) is 25.6 Å². The molecule has 1 aromatic carbocycles. The topological polar surface area (TPSA) is 63.4 Å². The minimum absolute atomic E-state index is 0.171. The second-order valence-corrected chi connectivity index (χ2v) is 5.21. The van der Waals surface area contributed by atoms with Crippen molar-refractivity contribution in [3.05, 3.63) is 35.4 Å². The number of hydrogen-bond acceptors (Lipinski definition) is 2. The summed E-state index contributed by atoms with van der Waals surface area (Å²) in [4.78, 5) is 24.1. The molecule has 2 amide bonds. The first kappa shape index (κ1) is 13.6. The van der Waals surface area contributed by atoms with Crippen LogP contribution < -0.4 is 5.73 Å². The van der Waals surface area contributed by atoms with E-state index in [1.807, 2.05) is 17.0 Å². The highest BCUT2D eigenvalue weighted by atomic mass is 16.2. The fourth-order valence-corrected chi connectivity index (χ4v) is 2.59. The zero-order chi connectivity index (χ0) is 13.8.